The summed E-state index contributed by atoms with van der Waals surface area (Å²) in [5.74, 6) is -1.74. The fraction of sp³-hybridized carbons (Fsp3) is 0.889. The minimum atomic E-state index is -1.56. The molecule has 3 aliphatic rings. The standard InChI is InChI=1S/C27H46N2O14/c1-15-21(34)24(37)22(35)16(41-15)6-5-11-28(12-13-40-27-26(39)25(38)23(36)17(14-30)42-27)10-4-2-3-7-20(33)43-29-18(31)8-9-19(29)32/h15-17,21-27,30,34-39H,2-14H2,1H3/t15-,16?,17+,21+,22+,23+,24+,25-,26-,27+/m0/s1. The molecule has 3 heterocycles. The Hall–Kier alpha value is -1.83. The number of rotatable bonds is 16. The van der Waals surface area contributed by atoms with Crippen molar-refractivity contribution in [2.75, 3.05) is 32.8 Å². The van der Waals surface area contributed by atoms with Crippen LogP contribution in [0.5, 0.6) is 0 Å². The predicted molar refractivity (Wildman–Crippen MR) is 143 cm³/mol. The highest BCUT2D eigenvalue weighted by atomic mass is 16.7. The second-order valence-electron chi connectivity index (χ2n) is 11.3. The van der Waals surface area contributed by atoms with Crippen molar-refractivity contribution in [2.45, 2.75) is 120 Å². The Morgan fingerprint density at radius 2 is 1.44 bits per heavy atom. The Bertz CT molecular complexity index is 893. The van der Waals surface area contributed by atoms with Gasteiger partial charge in [-0.05, 0) is 45.7 Å². The van der Waals surface area contributed by atoms with Crippen LogP contribution in [0.2, 0.25) is 0 Å². The minimum Gasteiger partial charge on any atom is -0.394 e. The molecular weight excluding hydrogens is 576 g/mol. The number of imide groups is 1. The molecule has 0 saturated carbocycles. The highest BCUT2D eigenvalue weighted by Gasteiger charge is 2.44. The number of unbranched alkanes of at least 4 members (excludes halogenated alkanes) is 2. The number of carbonyl (C=O) groups is 3. The van der Waals surface area contributed by atoms with Crippen LogP contribution in [0.1, 0.15) is 58.3 Å². The molecule has 0 radical (unpaired) electrons. The van der Waals surface area contributed by atoms with Gasteiger partial charge in [0.2, 0.25) is 0 Å². The molecule has 0 aliphatic carbocycles. The molecule has 0 aromatic heterocycles. The number of carbonyl (C=O) groups excluding carboxylic acids is 3. The molecule has 0 aromatic carbocycles. The van der Waals surface area contributed by atoms with Crippen molar-refractivity contribution in [3.63, 3.8) is 0 Å². The predicted octanol–water partition coefficient (Wildman–Crippen LogP) is -3.08. The minimum absolute atomic E-state index is 0.0233. The van der Waals surface area contributed by atoms with Crippen molar-refractivity contribution in [3.05, 3.63) is 0 Å². The van der Waals surface area contributed by atoms with Crippen LogP contribution in [0.4, 0.5) is 0 Å². The van der Waals surface area contributed by atoms with E-state index >= 15 is 0 Å². The van der Waals surface area contributed by atoms with Gasteiger partial charge >= 0.3 is 5.97 Å². The van der Waals surface area contributed by atoms with Crippen molar-refractivity contribution in [2.24, 2.45) is 0 Å². The molecule has 16 nitrogen and oxygen atoms in total. The summed E-state index contributed by atoms with van der Waals surface area (Å²) in [5.41, 5.74) is 0. The maximum Gasteiger partial charge on any atom is 0.333 e. The number of aliphatic hydroxyl groups excluding tert-OH is 7. The summed E-state index contributed by atoms with van der Waals surface area (Å²) < 4.78 is 16.7. The highest BCUT2D eigenvalue weighted by Crippen LogP contribution is 2.25. The van der Waals surface area contributed by atoms with Crippen LogP contribution in [0.25, 0.3) is 0 Å². The number of nitrogens with zero attached hydrogens (tertiary/aromatic N) is 2. The van der Waals surface area contributed by atoms with Crippen molar-refractivity contribution in [1.82, 2.24) is 9.96 Å². The van der Waals surface area contributed by atoms with E-state index in [-0.39, 0.29) is 25.9 Å². The van der Waals surface area contributed by atoms with Crippen LogP contribution in [0.3, 0.4) is 0 Å². The van der Waals surface area contributed by atoms with Crippen LogP contribution < -0.4 is 0 Å². The van der Waals surface area contributed by atoms with Crippen molar-refractivity contribution < 1.29 is 69.2 Å². The third kappa shape index (κ3) is 9.83. The lowest BCUT2D eigenvalue weighted by Gasteiger charge is -2.40. The molecule has 1 unspecified atom stereocenters. The van der Waals surface area contributed by atoms with Crippen molar-refractivity contribution in [1.29, 1.82) is 0 Å². The zero-order valence-corrected chi connectivity index (χ0v) is 24.3. The van der Waals surface area contributed by atoms with E-state index in [0.29, 0.717) is 56.8 Å². The molecule has 0 aromatic rings. The van der Waals surface area contributed by atoms with E-state index in [1.807, 2.05) is 4.90 Å². The van der Waals surface area contributed by atoms with Gasteiger partial charge in [0, 0.05) is 25.8 Å². The number of hydrogen-bond donors (Lipinski definition) is 7. The van der Waals surface area contributed by atoms with Gasteiger partial charge in [0.05, 0.1) is 25.4 Å². The number of amides is 2. The molecule has 3 rings (SSSR count). The van der Waals surface area contributed by atoms with Gasteiger partial charge in [-0.3, -0.25) is 9.59 Å². The quantitative estimate of drug-likeness (QED) is 0.0668. The number of hydroxylamine groups is 2. The van der Waals surface area contributed by atoms with Gasteiger partial charge in [0.25, 0.3) is 11.8 Å². The first-order chi connectivity index (χ1) is 20.4. The fourth-order valence-corrected chi connectivity index (χ4v) is 5.32. The Balaban J connectivity index is 1.45. The zero-order chi connectivity index (χ0) is 31.7. The van der Waals surface area contributed by atoms with Crippen LogP contribution in [-0.2, 0) is 33.4 Å². The van der Waals surface area contributed by atoms with E-state index in [1.54, 1.807) is 6.92 Å². The third-order valence-corrected chi connectivity index (χ3v) is 8.01. The average molecular weight is 623 g/mol. The molecule has 0 bridgehead atoms. The Morgan fingerprint density at radius 3 is 2.12 bits per heavy atom. The van der Waals surface area contributed by atoms with Gasteiger partial charge in [0.1, 0.15) is 42.7 Å². The smallest absolute Gasteiger partial charge is 0.333 e. The lowest BCUT2D eigenvalue weighted by molar-refractivity contribution is -0.301. The van der Waals surface area contributed by atoms with E-state index in [9.17, 15) is 50.1 Å². The molecule has 16 heteroatoms. The summed E-state index contributed by atoms with van der Waals surface area (Å²) >= 11 is 0. The SMILES string of the molecule is C[C@@H]1OC(CCCN(CCCCCC(=O)ON2C(=O)CCC2=O)CCO[C@@H]2O[C@H](CO)[C@@H](O)[C@H](O)[C@@H]2O)[C@@H](O)[C@H](O)[C@@H]1O. The summed E-state index contributed by atoms with van der Waals surface area (Å²) in [6, 6.07) is 0. The lowest BCUT2D eigenvalue weighted by Crippen LogP contribution is -2.59. The van der Waals surface area contributed by atoms with Gasteiger partial charge in [-0.1, -0.05) is 6.42 Å². The van der Waals surface area contributed by atoms with Crippen molar-refractivity contribution in [3.8, 4) is 0 Å². The van der Waals surface area contributed by atoms with Gasteiger partial charge in [-0.15, -0.1) is 5.06 Å². The number of hydrogen-bond acceptors (Lipinski definition) is 15. The van der Waals surface area contributed by atoms with Gasteiger partial charge in [-0.2, -0.15) is 0 Å². The number of aliphatic hydroxyl groups is 7. The summed E-state index contributed by atoms with van der Waals surface area (Å²) in [6.07, 6.45) is -9.18. The molecule has 0 spiro atoms. The van der Waals surface area contributed by atoms with Crippen LogP contribution in [0.15, 0.2) is 0 Å². The first-order valence-corrected chi connectivity index (χ1v) is 14.8. The molecule has 3 aliphatic heterocycles. The van der Waals surface area contributed by atoms with Crippen LogP contribution >= 0.6 is 0 Å². The fourth-order valence-electron chi connectivity index (χ4n) is 5.32. The van der Waals surface area contributed by atoms with Gasteiger partial charge in [-0.25, -0.2) is 4.79 Å². The molecule has 7 N–H and O–H groups in total. The first-order valence-electron chi connectivity index (χ1n) is 14.8. The summed E-state index contributed by atoms with van der Waals surface area (Å²) in [5, 5.41) is 70.4. The van der Waals surface area contributed by atoms with Crippen LogP contribution in [0, 0.1) is 0 Å². The van der Waals surface area contributed by atoms with E-state index in [0.717, 1.165) is 0 Å². The number of ether oxygens (including phenoxy) is 3. The van der Waals surface area contributed by atoms with Crippen LogP contribution in [-0.4, -0.2) is 158 Å². The Labute approximate surface area is 249 Å². The Morgan fingerprint density at radius 1 is 0.814 bits per heavy atom. The average Bonchev–Trinajstić information content (AvgIpc) is 3.30. The summed E-state index contributed by atoms with van der Waals surface area (Å²) in [7, 11) is 0. The van der Waals surface area contributed by atoms with E-state index in [2.05, 4.69) is 0 Å². The normalized spacial score (nSPS) is 35.1. The lowest BCUT2D eigenvalue weighted by atomic mass is 9.93. The largest absolute Gasteiger partial charge is 0.394 e. The van der Waals surface area contributed by atoms with E-state index in [1.165, 1.54) is 0 Å². The highest BCUT2D eigenvalue weighted by molar-refractivity contribution is 6.01. The molecule has 2 amide bonds. The Kier molecular flexibility index (Phi) is 14.1. The third-order valence-electron chi connectivity index (χ3n) is 8.01. The molecule has 43 heavy (non-hydrogen) atoms. The molecule has 3 saturated heterocycles. The second-order valence-corrected chi connectivity index (χ2v) is 11.3. The summed E-state index contributed by atoms with van der Waals surface area (Å²) in [4.78, 5) is 42.1. The molecular formula is C27H46N2O14. The molecule has 248 valence electrons. The zero-order valence-electron chi connectivity index (χ0n) is 24.3. The second kappa shape index (κ2) is 17.0. The molecule has 3 fully saturated rings. The van der Waals surface area contributed by atoms with E-state index in [4.69, 9.17) is 19.0 Å². The maximum absolute atomic E-state index is 12.0. The topological polar surface area (TPSA) is 236 Å². The molecule has 10 atom stereocenters. The maximum atomic E-state index is 12.0. The van der Waals surface area contributed by atoms with Crippen molar-refractivity contribution >= 4 is 17.8 Å². The first kappa shape index (κ1) is 35.6. The monoisotopic (exact) mass is 622 g/mol. The summed E-state index contributed by atoms with van der Waals surface area (Å²) in [6.45, 7) is 2.57. The van der Waals surface area contributed by atoms with E-state index < -0.39 is 85.6 Å². The van der Waals surface area contributed by atoms with Gasteiger partial charge in [0.15, 0.2) is 6.29 Å². The van der Waals surface area contributed by atoms with Gasteiger partial charge < -0.3 is 59.7 Å².